The molecule has 0 radical (unpaired) electrons. The van der Waals surface area contributed by atoms with Crippen molar-refractivity contribution in [2.45, 2.75) is 45.6 Å². The fraction of sp³-hybridized carbons (Fsp3) is 0.900. The Balaban J connectivity index is 3.50. The predicted octanol–water partition coefficient (Wildman–Crippen LogP) is 2.65. The van der Waals surface area contributed by atoms with Gasteiger partial charge in [-0.3, -0.25) is 0 Å². The largest absolute Gasteiger partial charge is 0.446 e. The Hall–Kier alpha value is -0.730. The van der Waals surface area contributed by atoms with Crippen LogP contribution in [0, 0.1) is 0 Å². The van der Waals surface area contributed by atoms with Crippen molar-refractivity contribution in [1.82, 2.24) is 4.90 Å². The molecule has 0 heterocycles. The monoisotopic (exact) mass is 187 g/mol. The molecule has 0 aromatic rings. The third kappa shape index (κ3) is 6.43. The van der Waals surface area contributed by atoms with Gasteiger partial charge in [-0.25, -0.2) is 4.79 Å². The maximum absolute atomic E-state index is 11.1. The minimum Gasteiger partial charge on any atom is -0.446 e. The van der Waals surface area contributed by atoms with Crippen molar-refractivity contribution < 1.29 is 9.53 Å². The highest BCUT2D eigenvalue weighted by molar-refractivity contribution is 5.66. The van der Waals surface area contributed by atoms with Gasteiger partial charge in [-0.1, -0.05) is 19.8 Å². The summed E-state index contributed by atoms with van der Waals surface area (Å²) in [4.78, 5) is 12.5. The lowest BCUT2D eigenvalue weighted by atomic mass is 10.1. The summed E-state index contributed by atoms with van der Waals surface area (Å²) in [5, 5.41) is 0. The first-order valence-electron chi connectivity index (χ1n) is 4.95. The number of carbonyl (C=O) groups excluding carboxylic acids is 1. The van der Waals surface area contributed by atoms with Gasteiger partial charge in [0, 0.05) is 14.1 Å². The molecule has 0 bridgehead atoms. The summed E-state index contributed by atoms with van der Waals surface area (Å²) < 4.78 is 5.15. The molecule has 0 aliphatic heterocycles. The molecule has 1 amide bonds. The first kappa shape index (κ1) is 12.3. The highest BCUT2D eigenvalue weighted by atomic mass is 16.6. The molecule has 0 saturated heterocycles. The van der Waals surface area contributed by atoms with E-state index in [9.17, 15) is 4.79 Å². The van der Waals surface area contributed by atoms with Crippen molar-refractivity contribution in [3.8, 4) is 0 Å². The Morgan fingerprint density at radius 2 is 2.00 bits per heavy atom. The van der Waals surface area contributed by atoms with E-state index in [1.165, 1.54) is 17.7 Å². The van der Waals surface area contributed by atoms with Crippen LogP contribution >= 0.6 is 0 Å². The summed E-state index contributed by atoms with van der Waals surface area (Å²) in [6.07, 6.45) is 4.31. The van der Waals surface area contributed by atoms with Crippen molar-refractivity contribution in [3.05, 3.63) is 0 Å². The van der Waals surface area contributed by atoms with Crippen LogP contribution in [0.25, 0.3) is 0 Å². The van der Waals surface area contributed by atoms with Gasteiger partial charge in [0.15, 0.2) is 0 Å². The fourth-order valence-corrected chi connectivity index (χ4v) is 1.02. The number of ether oxygens (including phenoxy) is 1. The molecule has 1 unspecified atom stereocenters. The molecule has 0 aromatic carbocycles. The molecule has 3 nitrogen and oxygen atoms in total. The molecular weight excluding hydrogens is 166 g/mol. The van der Waals surface area contributed by atoms with E-state index in [4.69, 9.17) is 4.74 Å². The van der Waals surface area contributed by atoms with Crippen molar-refractivity contribution >= 4 is 6.09 Å². The van der Waals surface area contributed by atoms with Gasteiger partial charge in [0.05, 0.1) is 0 Å². The molecule has 0 aliphatic carbocycles. The van der Waals surface area contributed by atoms with E-state index in [1.807, 2.05) is 6.92 Å². The van der Waals surface area contributed by atoms with E-state index < -0.39 is 0 Å². The fourth-order valence-electron chi connectivity index (χ4n) is 1.02. The number of amides is 1. The molecule has 0 fully saturated rings. The zero-order valence-corrected chi connectivity index (χ0v) is 9.17. The van der Waals surface area contributed by atoms with Crippen LogP contribution in [0.5, 0.6) is 0 Å². The number of hydrogen-bond acceptors (Lipinski definition) is 2. The maximum Gasteiger partial charge on any atom is 0.409 e. The Morgan fingerprint density at radius 1 is 1.38 bits per heavy atom. The number of rotatable bonds is 5. The van der Waals surface area contributed by atoms with Gasteiger partial charge in [0.2, 0.25) is 0 Å². The average Bonchev–Trinajstić information content (AvgIpc) is 2.04. The van der Waals surface area contributed by atoms with E-state index in [2.05, 4.69) is 6.92 Å². The van der Waals surface area contributed by atoms with E-state index in [-0.39, 0.29) is 12.2 Å². The van der Waals surface area contributed by atoms with Crippen LogP contribution in [0.15, 0.2) is 0 Å². The molecule has 13 heavy (non-hydrogen) atoms. The SMILES string of the molecule is CCCCCC(C)OC(=O)N(C)C. The van der Waals surface area contributed by atoms with Gasteiger partial charge in [0.25, 0.3) is 0 Å². The molecule has 0 N–H and O–H groups in total. The van der Waals surface area contributed by atoms with Gasteiger partial charge < -0.3 is 9.64 Å². The van der Waals surface area contributed by atoms with Crippen molar-refractivity contribution in [1.29, 1.82) is 0 Å². The first-order valence-corrected chi connectivity index (χ1v) is 4.95. The smallest absolute Gasteiger partial charge is 0.409 e. The number of carbonyl (C=O) groups is 1. The lowest BCUT2D eigenvalue weighted by molar-refractivity contribution is 0.0777. The van der Waals surface area contributed by atoms with Crippen LogP contribution in [-0.4, -0.2) is 31.2 Å². The third-order valence-electron chi connectivity index (χ3n) is 1.88. The second-order valence-electron chi connectivity index (χ2n) is 3.58. The molecule has 0 aromatic heterocycles. The van der Waals surface area contributed by atoms with Crippen molar-refractivity contribution in [2.24, 2.45) is 0 Å². The maximum atomic E-state index is 11.1. The van der Waals surface area contributed by atoms with E-state index >= 15 is 0 Å². The molecule has 0 spiro atoms. The van der Waals surface area contributed by atoms with E-state index in [0.717, 1.165) is 12.8 Å². The minimum absolute atomic E-state index is 0.0430. The normalized spacial score (nSPS) is 12.3. The topological polar surface area (TPSA) is 29.5 Å². The number of nitrogens with zero attached hydrogens (tertiary/aromatic N) is 1. The summed E-state index contributed by atoms with van der Waals surface area (Å²) >= 11 is 0. The summed E-state index contributed by atoms with van der Waals surface area (Å²) in [6.45, 7) is 4.10. The molecule has 0 saturated carbocycles. The third-order valence-corrected chi connectivity index (χ3v) is 1.88. The van der Waals surface area contributed by atoms with Crippen LogP contribution < -0.4 is 0 Å². The molecule has 0 rings (SSSR count). The second-order valence-corrected chi connectivity index (χ2v) is 3.58. The second kappa shape index (κ2) is 6.75. The number of unbranched alkanes of at least 4 members (excludes halogenated alkanes) is 2. The summed E-state index contributed by atoms with van der Waals surface area (Å²) in [5.74, 6) is 0. The predicted molar refractivity (Wildman–Crippen MR) is 53.8 cm³/mol. The molecule has 78 valence electrons. The van der Waals surface area contributed by atoms with E-state index in [0.29, 0.717) is 0 Å². The molecule has 1 atom stereocenters. The first-order chi connectivity index (χ1) is 6.07. The lowest BCUT2D eigenvalue weighted by Crippen LogP contribution is -2.26. The van der Waals surface area contributed by atoms with Gasteiger partial charge >= 0.3 is 6.09 Å². The zero-order valence-electron chi connectivity index (χ0n) is 9.17. The van der Waals surface area contributed by atoms with Crippen LogP contribution in [0.1, 0.15) is 39.5 Å². The lowest BCUT2D eigenvalue weighted by Gasteiger charge is -2.16. The highest BCUT2D eigenvalue weighted by Crippen LogP contribution is 2.06. The van der Waals surface area contributed by atoms with Crippen LogP contribution in [0.2, 0.25) is 0 Å². The Morgan fingerprint density at radius 3 is 2.46 bits per heavy atom. The molecule has 0 aliphatic rings. The molecule has 3 heteroatoms. The summed E-state index contributed by atoms with van der Waals surface area (Å²) in [6, 6.07) is 0. The average molecular weight is 187 g/mol. The van der Waals surface area contributed by atoms with Gasteiger partial charge in [-0.2, -0.15) is 0 Å². The zero-order chi connectivity index (χ0) is 10.3. The quantitative estimate of drug-likeness (QED) is 0.619. The Kier molecular flexibility index (Phi) is 6.37. The van der Waals surface area contributed by atoms with Crippen LogP contribution in [0.4, 0.5) is 4.79 Å². The van der Waals surface area contributed by atoms with Gasteiger partial charge in [0.1, 0.15) is 6.10 Å². The van der Waals surface area contributed by atoms with Crippen molar-refractivity contribution in [2.75, 3.05) is 14.1 Å². The van der Waals surface area contributed by atoms with Gasteiger partial charge in [-0.15, -0.1) is 0 Å². The van der Waals surface area contributed by atoms with Gasteiger partial charge in [-0.05, 0) is 19.8 Å². The van der Waals surface area contributed by atoms with Crippen molar-refractivity contribution in [3.63, 3.8) is 0 Å². The standard InChI is InChI=1S/C10H21NO2/c1-5-6-7-8-9(2)13-10(12)11(3)4/h9H,5-8H2,1-4H3. The minimum atomic E-state index is -0.246. The van der Waals surface area contributed by atoms with Crippen LogP contribution in [0.3, 0.4) is 0 Å². The Bertz CT molecular complexity index is 146. The Labute approximate surface area is 81.1 Å². The number of hydrogen-bond donors (Lipinski definition) is 0. The van der Waals surface area contributed by atoms with E-state index in [1.54, 1.807) is 14.1 Å². The highest BCUT2D eigenvalue weighted by Gasteiger charge is 2.09. The summed E-state index contributed by atoms with van der Waals surface area (Å²) in [5.41, 5.74) is 0. The summed E-state index contributed by atoms with van der Waals surface area (Å²) in [7, 11) is 3.39. The molecular formula is C10H21NO2. The van der Waals surface area contributed by atoms with Crippen LogP contribution in [-0.2, 0) is 4.74 Å².